The van der Waals surface area contributed by atoms with Crippen LogP contribution in [0.2, 0.25) is 0 Å². The van der Waals surface area contributed by atoms with Crippen LogP contribution in [0.1, 0.15) is 11.7 Å². The molecule has 0 saturated carbocycles. The average molecular weight is 289 g/mol. The van der Waals surface area contributed by atoms with Crippen molar-refractivity contribution in [3.63, 3.8) is 0 Å². The highest BCUT2D eigenvalue weighted by atomic mass is 79.9. The van der Waals surface area contributed by atoms with Crippen LogP contribution in [0.15, 0.2) is 71.7 Å². The van der Waals surface area contributed by atoms with Crippen LogP contribution in [0.3, 0.4) is 0 Å². The lowest BCUT2D eigenvalue weighted by Gasteiger charge is -2.15. The summed E-state index contributed by atoms with van der Waals surface area (Å²) in [6.45, 7) is 3.82. The van der Waals surface area contributed by atoms with E-state index in [1.54, 1.807) is 6.08 Å². The van der Waals surface area contributed by atoms with Gasteiger partial charge in [0.2, 0.25) is 0 Å². The van der Waals surface area contributed by atoms with E-state index in [1.165, 1.54) is 0 Å². The van der Waals surface area contributed by atoms with Gasteiger partial charge in [-0.25, -0.2) is 0 Å². The van der Waals surface area contributed by atoms with Crippen LogP contribution in [-0.4, -0.2) is 0 Å². The molecule has 0 fully saturated rings. The molecular weight excluding hydrogens is 276 g/mol. The Labute approximate surface area is 110 Å². The van der Waals surface area contributed by atoms with Crippen molar-refractivity contribution in [1.29, 1.82) is 0 Å². The number of rotatable bonds is 4. The molecule has 0 aliphatic heterocycles. The fourth-order valence-corrected chi connectivity index (χ4v) is 1.82. The van der Waals surface area contributed by atoms with Crippen LogP contribution in [0.25, 0.3) is 0 Å². The van der Waals surface area contributed by atoms with Gasteiger partial charge in [-0.2, -0.15) is 0 Å². The molecule has 0 bridgehead atoms. The summed E-state index contributed by atoms with van der Waals surface area (Å²) in [5.74, 6) is 0.835. The summed E-state index contributed by atoms with van der Waals surface area (Å²) >= 11 is 3.40. The van der Waals surface area contributed by atoms with Gasteiger partial charge < -0.3 is 4.74 Å². The number of benzene rings is 2. The van der Waals surface area contributed by atoms with E-state index < -0.39 is 0 Å². The minimum absolute atomic E-state index is 0.114. The molecule has 0 aliphatic carbocycles. The molecule has 0 radical (unpaired) electrons. The van der Waals surface area contributed by atoms with Gasteiger partial charge in [-0.1, -0.05) is 52.8 Å². The zero-order chi connectivity index (χ0) is 12.1. The molecule has 0 heterocycles. The van der Waals surface area contributed by atoms with Gasteiger partial charge in [0.1, 0.15) is 11.9 Å². The van der Waals surface area contributed by atoms with E-state index in [9.17, 15) is 0 Å². The summed E-state index contributed by atoms with van der Waals surface area (Å²) in [4.78, 5) is 0. The van der Waals surface area contributed by atoms with E-state index in [0.717, 1.165) is 15.8 Å². The topological polar surface area (TPSA) is 9.23 Å². The van der Waals surface area contributed by atoms with E-state index in [2.05, 4.69) is 22.5 Å². The standard InChI is InChI=1S/C15H13BrO/c1-2-15(12-6-4-3-5-7-12)17-14-10-8-13(16)9-11-14/h2-11,15H,1H2/t15-/m0/s1. The van der Waals surface area contributed by atoms with Crippen molar-refractivity contribution in [1.82, 2.24) is 0 Å². The molecule has 2 heteroatoms. The van der Waals surface area contributed by atoms with Gasteiger partial charge >= 0.3 is 0 Å². The van der Waals surface area contributed by atoms with E-state index in [-0.39, 0.29) is 6.10 Å². The third-order valence-electron chi connectivity index (χ3n) is 2.42. The molecular formula is C15H13BrO. The molecule has 0 unspecified atom stereocenters. The number of hydrogen-bond acceptors (Lipinski definition) is 1. The second-order valence-electron chi connectivity index (χ2n) is 3.64. The molecule has 1 atom stereocenters. The Bertz CT molecular complexity index is 476. The van der Waals surface area contributed by atoms with Crippen LogP contribution in [0.5, 0.6) is 5.75 Å². The Morgan fingerprint density at radius 2 is 1.65 bits per heavy atom. The van der Waals surface area contributed by atoms with Gasteiger partial charge in [-0.05, 0) is 35.9 Å². The molecule has 0 aliphatic rings. The minimum atomic E-state index is -0.114. The van der Waals surface area contributed by atoms with Crippen molar-refractivity contribution in [3.05, 3.63) is 77.3 Å². The first kappa shape index (κ1) is 11.9. The summed E-state index contributed by atoms with van der Waals surface area (Å²) in [7, 11) is 0. The van der Waals surface area contributed by atoms with Gasteiger partial charge in [0.15, 0.2) is 0 Å². The second kappa shape index (κ2) is 5.69. The van der Waals surface area contributed by atoms with Gasteiger partial charge in [-0.15, -0.1) is 0 Å². The van der Waals surface area contributed by atoms with Crippen molar-refractivity contribution in [2.45, 2.75) is 6.10 Å². The van der Waals surface area contributed by atoms with E-state index in [1.807, 2.05) is 54.6 Å². The van der Waals surface area contributed by atoms with Crippen molar-refractivity contribution in [2.75, 3.05) is 0 Å². The fourth-order valence-electron chi connectivity index (χ4n) is 1.55. The predicted octanol–water partition coefficient (Wildman–Crippen LogP) is 4.76. The van der Waals surface area contributed by atoms with Crippen molar-refractivity contribution >= 4 is 15.9 Å². The molecule has 0 N–H and O–H groups in total. The van der Waals surface area contributed by atoms with Gasteiger partial charge in [0.25, 0.3) is 0 Å². The summed E-state index contributed by atoms with van der Waals surface area (Å²) in [6.07, 6.45) is 1.69. The van der Waals surface area contributed by atoms with Gasteiger partial charge in [0.05, 0.1) is 0 Å². The Hall–Kier alpha value is -1.54. The first-order chi connectivity index (χ1) is 8.29. The Morgan fingerprint density at radius 1 is 1.00 bits per heavy atom. The van der Waals surface area contributed by atoms with Crippen LogP contribution in [0.4, 0.5) is 0 Å². The Morgan fingerprint density at radius 3 is 2.24 bits per heavy atom. The molecule has 2 rings (SSSR count). The lowest BCUT2D eigenvalue weighted by molar-refractivity contribution is 0.256. The first-order valence-corrected chi connectivity index (χ1v) is 6.18. The normalized spacial score (nSPS) is 11.8. The van der Waals surface area contributed by atoms with E-state index in [0.29, 0.717) is 0 Å². The van der Waals surface area contributed by atoms with Gasteiger partial charge in [0, 0.05) is 4.47 Å². The zero-order valence-corrected chi connectivity index (χ0v) is 10.9. The lowest BCUT2D eigenvalue weighted by atomic mass is 10.1. The maximum absolute atomic E-state index is 5.87. The van der Waals surface area contributed by atoms with Crippen LogP contribution >= 0.6 is 15.9 Å². The molecule has 2 aromatic rings. The van der Waals surface area contributed by atoms with Crippen molar-refractivity contribution in [2.24, 2.45) is 0 Å². The first-order valence-electron chi connectivity index (χ1n) is 5.39. The largest absolute Gasteiger partial charge is 0.482 e. The molecule has 1 nitrogen and oxygen atoms in total. The minimum Gasteiger partial charge on any atom is -0.482 e. The third-order valence-corrected chi connectivity index (χ3v) is 2.95. The van der Waals surface area contributed by atoms with Crippen molar-refractivity contribution in [3.8, 4) is 5.75 Å². The molecule has 86 valence electrons. The molecule has 0 saturated heterocycles. The molecule has 0 amide bonds. The highest BCUT2D eigenvalue weighted by Crippen LogP contribution is 2.24. The molecule has 0 spiro atoms. The summed E-state index contributed by atoms with van der Waals surface area (Å²) in [6, 6.07) is 17.8. The SMILES string of the molecule is C=C[C@H](Oc1ccc(Br)cc1)c1ccccc1. The fraction of sp³-hybridized carbons (Fsp3) is 0.0667. The number of hydrogen-bond donors (Lipinski definition) is 0. The molecule has 0 aromatic heterocycles. The van der Waals surface area contributed by atoms with Crippen molar-refractivity contribution < 1.29 is 4.74 Å². The Balaban J connectivity index is 2.16. The highest BCUT2D eigenvalue weighted by molar-refractivity contribution is 9.10. The smallest absolute Gasteiger partial charge is 0.142 e. The van der Waals surface area contributed by atoms with Gasteiger partial charge in [-0.3, -0.25) is 0 Å². The molecule has 17 heavy (non-hydrogen) atoms. The average Bonchev–Trinajstić information content (AvgIpc) is 2.39. The maximum Gasteiger partial charge on any atom is 0.142 e. The molecule has 2 aromatic carbocycles. The third kappa shape index (κ3) is 3.21. The summed E-state index contributed by atoms with van der Waals surface area (Å²) in [5, 5.41) is 0. The van der Waals surface area contributed by atoms with Crippen LogP contribution in [-0.2, 0) is 0 Å². The van der Waals surface area contributed by atoms with E-state index in [4.69, 9.17) is 4.74 Å². The summed E-state index contributed by atoms with van der Waals surface area (Å²) < 4.78 is 6.91. The Kier molecular flexibility index (Phi) is 3.99. The number of ether oxygens (including phenoxy) is 1. The summed E-state index contributed by atoms with van der Waals surface area (Å²) in [5.41, 5.74) is 1.10. The predicted molar refractivity (Wildman–Crippen MR) is 74.2 cm³/mol. The second-order valence-corrected chi connectivity index (χ2v) is 4.55. The monoisotopic (exact) mass is 288 g/mol. The number of halogens is 1. The van der Waals surface area contributed by atoms with Crippen LogP contribution < -0.4 is 4.74 Å². The lowest BCUT2D eigenvalue weighted by Crippen LogP contribution is -2.03. The zero-order valence-electron chi connectivity index (χ0n) is 9.34. The maximum atomic E-state index is 5.87. The quantitative estimate of drug-likeness (QED) is 0.738. The highest BCUT2D eigenvalue weighted by Gasteiger charge is 2.08. The van der Waals surface area contributed by atoms with Crippen LogP contribution in [0, 0.1) is 0 Å². The van der Waals surface area contributed by atoms with E-state index >= 15 is 0 Å².